The smallest absolute Gasteiger partial charge is 0.0931 e. The van der Waals surface area contributed by atoms with Crippen molar-refractivity contribution in [2.75, 3.05) is 6.54 Å². The van der Waals surface area contributed by atoms with E-state index in [1.54, 1.807) is 11.3 Å². The average molecular weight is 286 g/mol. The molecule has 1 aromatic rings. The quantitative estimate of drug-likeness (QED) is 0.784. The highest BCUT2D eigenvalue weighted by Crippen LogP contribution is 2.30. The normalized spacial score (nSPS) is 19.0. The number of nitrogens with one attached hydrogen (secondary N) is 1. The van der Waals surface area contributed by atoms with Crippen LogP contribution < -0.4 is 5.32 Å². The molecule has 2 rings (SSSR count). The third kappa shape index (κ3) is 4.25. The summed E-state index contributed by atoms with van der Waals surface area (Å²) in [5, 5.41) is 3.76. The van der Waals surface area contributed by atoms with Crippen LogP contribution >= 0.6 is 22.9 Å². The summed E-state index contributed by atoms with van der Waals surface area (Å²) >= 11 is 7.77. The average Bonchev–Trinajstić information content (AvgIpc) is 2.81. The van der Waals surface area contributed by atoms with E-state index in [-0.39, 0.29) is 0 Å². The summed E-state index contributed by atoms with van der Waals surface area (Å²) in [6, 6.07) is 4.87. The molecule has 1 fully saturated rings. The van der Waals surface area contributed by atoms with Crippen LogP contribution in [-0.4, -0.2) is 12.6 Å². The Labute approximate surface area is 120 Å². The predicted molar refractivity (Wildman–Crippen MR) is 81.7 cm³/mol. The summed E-state index contributed by atoms with van der Waals surface area (Å²) in [5.41, 5.74) is 0. The standard InChI is InChI=1S/C15H24ClNS/c1-2-10-17-14(12-6-4-3-5-7-12)11-13-8-9-15(16)18-13/h8-9,12,14,17H,2-7,10-11H2,1H3. The molecule has 1 saturated carbocycles. The van der Waals surface area contributed by atoms with Crippen molar-refractivity contribution < 1.29 is 0 Å². The molecule has 0 aliphatic heterocycles. The lowest BCUT2D eigenvalue weighted by Crippen LogP contribution is -2.39. The highest BCUT2D eigenvalue weighted by molar-refractivity contribution is 7.16. The molecule has 1 aliphatic rings. The molecular weight excluding hydrogens is 262 g/mol. The van der Waals surface area contributed by atoms with Gasteiger partial charge in [-0.15, -0.1) is 11.3 Å². The van der Waals surface area contributed by atoms with Crippen LogP contribution in [0.15, 0.2) is 12.1 Å². The first kappa shape index (κ1) is 14.4. The van der Waals surface area contributed by atoms with Gasteiger partial charge in [0, 0.05) is 10.9 Å². The maximum absolute atomic E-state index is 6.03. The van der Waals surface area contributed by atoms with E-state index in [4.69, 9.17) is 11.6 Å². The molecule has 102 valence electrons. The van der Waals surface area contributed by atoms with Crippen molar-refractivity contribution in [2.24, 2.45) is 5.92 Å². The van der Waals surface area contributed by atoms with Crippen LogP contribution in [0.4, 0.5) is 0 Å². The molecule has 3 heteroatoms. The monoisotopic (exact) mass is 285 g/mol. The lowest BCUT2D eigenvalue weighted by molar-refractivity contribution is 0.268. The van der Waals surface area contributed by atoms with E-state index < -0.39 is 0 Å². The van der Waals surface area contributed by atoms with E-state index in [0.29, 0.717) is 6.04 Å². The molecule has 0 aromatic carbocycles. The van der Waals surface area contributed by atoms with Crippen LogP contribution in [0.1, 0.15) is 50.3 Å². The second-order valence-electron chi connectivity index (χ2n) is 5.37. The van der Waals surface area contributed by atoms with E-state index in [1.165, 1.54) is 43.4 Å². The highest BCUT2D eigenvalue weighted by Gasteiger charge is 2.23. The maximum Gasteiger partial charge on any atom is 0.0931 e. The Morgan fingerprint density at radius 2 is 2.11 bits per heavy atom. The van der Waals surface area contributed by atoms with Crippen LogP contribution in [0, 0.1) is 5.92 Å². The Hall–Kier alpha value is -0.0500. The molecule has 1 nitrogen and oxygen atoms in total. The fourth-order valence-corrected chi connectivity index (χ4v) is 4.10. The van der Waals surface area contributed by atoms with Gasteiger partial charge in [-0.05, 0) is 50.3 Å². The molecule has 1 N–H and O–H groups in total. The predicted octanol–water partition coefficient (Wildman–Crippen LogP) is 4.89. The molecule has 1 unspecified atom stereocenters. The summed E-state index contributed by atoms with van der Waals surface area (Å²) in [4.78, 5) is 1.43. The van der Waals surface area contributed by atoms with Gasteiger partial charge >= 0.3 is 0 Å². The zero-order valence-corrected chi connectivity index (χ0v) is 12.8. The number of hydrogen-bond acceptors (Lipinski definition) is 2. The third-order valence-corrected chi connectivity index (χ3v) is 5.18. The first-order chi connectivity index (χ1) is 8.79. The van der Waals surface area contributed by atoms with Gasteiger partial charge in [-0.1, -0.05) is 37.8 Å². The number of thiophene rings is 1. The summed E-state index contributed by atoms with van der Waals surface area (Å²) in [5.74, 6) is 0.867. The number of rotatable bonds is 6. The second-order valence-corrected chi connectivity index (χ2v) is 7.17. The Morgan fingerprint density at radius 3 is 2.72 bits per heavy atom. The molecule has 1 aliphatic carbocycles. The van der Waals surface area contributed by atoms with Gasteiger partial charge in [0.05, 0.1) is 4.34 Å². The maximum atomic E-state index is 6.03. The van der Waals surface area contributed by atoms with E-state index in [1.807, 2.05) is 6.07 Å². The summed E-state index contributed by atoms with van der Waals surface area (Å²) in [6.45, 7) is 3.38. The van der Waals surface area contributed by atoms with Crippen LogP contribution in [0.25, 0.3) is 0 Å². The van der Waals surface area contributed by atoms with Crippen molar-refractivity contribution in [3.05, 3.63) is 21.3 Å². The Morgan fingerprint density at radius 1 is 1.33 bits per heavy atom. The largest absolute Gasteiger partial charge is 0.313 e. The lowest BCUT2D eigenvalue weighted by Gasteiger charge is -2.31. The van der Waals surface area contributed by atoms with Crippen molar-refractivity contribution in [3.63, 3.8) is 0 Å². The third-order valence-electron chi connectivity index (χ3n) is 3.93. The number of halogens is 1. The van der Waals surface area contributed by atoms with Crippen molar-refractivity contribution in [1.82, 2.24) is 5.32 Å². The fraction of sp³-hybridized carbons (Fsp3) is 0.733. The van der Waals surface area contributed by atoms with Crippen molar-refractivity contribution in [3.8, 4) is 0 Å². The molecule has 1 atom stereocenters. The Kier molecular flexibility index (Phi) is 6.00. The van der Waals surface area contributed by atoms with E-state index >= 15 is 0 Å². The van der Waals surface area contributed by atoms with Crippen molar-refractivity contribution >= 4 is 22.9 Å². The first-order valence-electron chi connectivity index (χ1n) is 7.27. The molecule has 0 radical (unpaired) electrons. The molecule has 18 heavy (non-hydrogen) atoms. The topological polar surface area (TPSA) is 12.0 Å². The summed E-state index contributed by atoms with van der Waals surface area (Å²) in [7, 11) is 0. The minimum absolute atomic E-state index is 0.653. The van der Waals surface area contributed by atoms with Gasteiger partial charge in [0.25, 0.3) is 0 Å². The van der Waals surface area contributed by atoms with Crippen LogP contribution in [-0.2, 0) is 6.42 Å². The Bertz CT molecular complexity index is 344. The minimum atomic E-state index is 0.653. The van der Waals surface area contributed by atoms with E-state index in [2.05, 4.69) is 18.3 Å². The molecule has 1 heterocycles. The van der Waals surface area contributed by atoms with Gasteiger partial charge in [-0.3, -0.25) is 0 Å². The molecule has 0 bridgehead atoms. The van der Waals surface area contributed by atoms with Crippen LogP contribution in [0.5, 0.6) is 0 Å². The zero-order valence-electron chi connectivity index (χ0n) is 11.3. The minimum Gasteiger partial charge on any atom is -0.313 e. The van der Waals surface area contributed by atoms with Crippen molar-refractivity contribution in [1.29, 1.82) is 0 Å². The molecule has 0 saturated heterocycles. The van der Waals surface area contributed by atoms with Gasteiger partial charge in [-0.2, -0.15) is 0 Å². The van der Waals surface area contributed by atoms with Gasteiger partial charge in [0.15, 0.2) is 0 Å². The highest BCUT2D eigenvalue weighted by atomic mass is 35.5. The lowest BCUT2D eigenvalue weighted by atomic mass is 9.82. The van der Waals surface area contributed by atoms with Crippen LogP contribution in [0.2, 0.25) is 4.34 Å². The molecule has 1 aromatic heterocycles. The van der Waals surface area contributed by atoms with Gasteiger partial charge in [0.2, 0.25) is 0 Å². The summed E-state index contributed by atoms with van der Waals surface area (Å²) < 4.78 is 0.919. The Balaban J connectivity index is 1.94. The molecule has 0 spiro atoms. The first-order valence-corrected chi connectivity index (χ1v) is 8.46. The molecular formula is C15H24ClNS. The van der Waals surface area contributed by atoms with Gasteiger partial charge < -0.3 is 5.32 Å². The van der Waals surface area contributed by atoms with Crippen LogP contribution in [0.3, 0.4) is 0 Å². The second kappa shape index (κ2) is 7.52. The van der Waals surface area contributed by atoms with E-state index in [9.17, 15) is 0 Å². The zero-order chi connectivity index (χ0) is 12.8. The van der Waals surface area contributed by atoms with Crippen molar-refractivity contribution in [2.45, 2.75) is 57.9 Å². The van der Waals surface area contributed by atoms with Gasteiger partial charge in [0.1, 0.15) is 0 Å². The summed E-state index contributed by atoms with van der Waals surface area (Å²) in [6.07, 6.45) is 9.44. The molecule has 0 amide bonds. The fourth-order valence-electron chi connectivity index (χ4n) is 2.95. The van der Waals surface area contributed by atoms with E-state index in [0.717, 1.165) is 23.2 Å². The van der Waals surface area contributed by atoms with Gasteiger partial charge in [-0.25, -0.2) is 0 Å². The SMILES string of the molecule is CCCNC(Cc1ccc(Cl)s1)C1CCCCC1. The number of hydrogen-bond donors (Lipinski definition) is 1.